The van der Waals surface area contributed by atoms with Crippen LogP contribution in [-0.4, -0.2) is 36.0 Å². The monoisotopic (exact) mass is 399 g/mol. The van der Waals surface area contributed by atoms with Gasteiger partial charge in [0.15, 0.2) is 6.10 Å². The van der Waals surface area contributed by atoms with E-state index in [4.69, 9.17) is 9.26 Å². The highest BCUT2D eigenvalue weighted by Crippen LogP contribution is 2.25. The number of aromatic nitrogens is 2. The maximum absolute atomic E-state index is 12.6. The molecule has 0 amide bonds. The van der Waals surface area contributed by atoms with Crippen LogP contribution in [0.2, 0.25) is 0 Å². The lowest BCUT2D eigenvalue weighted by Gasteiger charge is -2.15. The SMILES string of the molecule is CC(Oc1ccccc1)c1nc(-c2ccc(S(=O)(=O)N3CCCC3)cc2)no1. The Bertz CT molecular complexity index is 1030. The average molecular weight is 399 g/mol. The standard InChI is InChI=1S/C20H21N3O4S/c1-15(26-17-7-3-2-4-8-17)20-21-19(22-27-20)16-9-11-18(12-10-16)28(24,25)23-13-5-6-14-23/h2-4,7-12,15H,5-6,13-14H2,1H3. The fourth-order valence-corrected chi connectivity index (χ4v) is 4.64. The topological polar surface area (TPSA) is 85.5 Å². The normalized spacial score (nSPS) is 16.2. The number of hydrogen-bond donors (Lipinski definition) is 0. The van der Waals surface area contributed by atoms with Crippen LogP contribution in [0.1, 0.15) is 31.8 Å². The van der Waals surface area contributed by atoms with Gasteiger partial charge in [-0.25, -0.2) is 8.42 Å². The first-order valence-electron chi connectivity index (χ1n) is 9.20. The zero-order valence-corrected chi connectivity index (χ0v) is 16.3. The van der Waals surface area contributed by atoms with E-state index in [1.54, 1.807) is 24.3 Å². The molecule has 1 aromatic heterocycles. The van der Waals surface area contributed by atoms with Crippen molar-refractivity contribution < 1.29 is 17.7 Å². The predicted molar refractivity (Wildman–Crippen MR) is 103 cm³/mol. The highest BCUT2D eigenvalue weighted by molar-refractivity contribution is 7.89. The van der Waals surface area contributed by atoms with Crippen LogP contribution < -0.4 is 4.74 Å². The van der Waals surface area contributed by atoms with Gasteiger partial charge in [0.1, 0.15) is 5.75 Å². The van der Waals surface area contributed by atoms with Gasteiger partial charge in [0, 0.05) is 18.7 Å². The van der Waals surface area contributed by atoms with Crippen LogP contribution >= 0.6 is 0 Å². The van der Waals surface area contributed by atoms with Crippen molar-refractivity contribution in [1.29, 1.82) is 0 Å². The van der Waals surface area contributed by atoms with Crippen molar-refractivity contribution in [3.05, 3.63) is 60.5 Å². The minimum Gasteiger partial charge on any atom is -0.481 e. The molecule has 1 fully saturated rings. The van der Waals surface area contributed by atoms with Crippen LogP contribution in [0.3, 0.4) is 0 Å². The lowest BCUT2D eigenvalue weighted by atomic mass is 10.2. The van der Waals surface area contributed by atoms with Crippen molar-refractivity contribution >= 4 is 10.0 Å². The quantitative estimate of drug-likeness (QED) is 0.629. The molecule has 1 aliphatic heterocycles. The molecule has 7 nitrogen and oxygen atoms in total. The van der Waals surface area contributed by atoms with Gasteiger partial charge in [-0.05, 0) is 56.2 Å². The van der Waals surface area contributed by atoms with Crippen LogP contribution in [0.4, 0.5) is 0 Å². The number of para-hydroxylation sites is 1. The molecule has 2 heterocycles. The fourth-order valence-electron chi connectivity index (χ4n) is 3.12. The van der Waals surface area contributed by atoms with E-state index in [1.807, 2.05) is 37.3 Å². The Morgan fingerprint density at radius 3 is 2.39 bits per heavy atom. The molecule has 1 aliphatic rings. The van der Waals surface area contributed by atoms with Gasteiger partial charge in [0.25, 0.3) is 5.89 Å². The van der Waals surface area contributed by atoms with E-state index in [0.29, 0.717) is 36.1 Å². The number of hydrogen-bond acceptors (Lipinski definition) is 6. The van der Waals surface area contributed by atoms with Crippen molar-refractivity contribution in [3.63, 3.8) is 0 Å². The molecule has 0 bridgehead atoms. The number of rotatable bonds is 6. The molecule has 1 saturated heterocycles. The molecule has 0 spiro atoms. The summed E-state index contributed by atoms with van der Waals surface area (Å²) in [7, 11) is -3.43. The third-order valence-electron chi connectivity index (χ3n) is 4.66. The highest BCUT2D eigenvalue weighted by Gasteiger charge is 2.27. The number of ether oxygens (including phenoxy) is 1. The largest absolute Gasteiger partial charge is 0.481 e. The van der Waals surface area contributed by atoms with E-state index in [0.717, 1.165) is 12.8 Å². The van der Waals surface area contributed by atoms with Gasteiger partial charge in [-0.2, -0.15) is 9.29 Å². The molecule has 4 rings (SSSR count). The zero-order valence-electron chi connectivity index (χ0n) is 15.5. The lowest BCUT2D eigenvalue weighted by molar-refractivity contribution is 0.176. The van der Waals surface area contributed by atoms with Gasteiger partial charge in [0.2, 0.25) is 15.8 Å². The van der Waals surface area contributed by atoms with Crippen LogP contribution in [0.5, 0.6) is 5.75 Å². The molecule has 0 aliphatic carbocycles. The summed E-state index contributed by atoms with van der Waals surface area (Å²) in [4.78, 5) is 4.66. The van der Waals surface area contributed by atoms with Crippen molar-refractivity contribution in [2.45, 2.75) is 30.8 Å². The molecule has 0 saturated carbocycles. The minimum atomic E-state index is -3.43. The molecule has 3 aromatic rings. The molecule has 28 heavy (non-hydrogen) atoms. The van der Waals surface area contributed by atoms with Gasteiger partial charge >= 0.3 is 0 Å². The average Bonchev–Trinajstić information content (AvgIpc) is 3.41. The zero-order chi connectivity index (χ0) is 19.6. The van der Waals surface area contributed by atoms with E-state index in [1.165, 1.54) is 4.31 Å². The van der Waals surface area contributed by atoms with Crippen LogP contribution in [0.15, 0.2) is 64.0 Å². The molecule has 1 unspecified atom stereocenters. The first-order valence-corrected chi connectivity index (χ1v) is 10.6. The Kier molecular flexibility index (Phi) is 5.15. The van der Waals surface area contributed by atoms with E-state index < -0.39 is 16.1 Å². The molecule has 1 atom stereocenters. The van der Waals surface area contributed by atoms with Crippen LogP contribution in [-0.2, 0) is 10.0 Å². The predicted octanol–water partition coefficient (Wildman–Crippen LogP) is 3.66. The van der Waals surface area contributed by atoms with E-state index >= 15 is 0 Å². The van der Waals surface area contributed by atoms with Gasteiger partial charge < -0.3 is 9.26 Å². The number of sulfonamides is 1. The van der Waals surface area contributed by atoms with Crippen molar-refractivity contribution in [1.82, 2.24) is 14.4 Å². The Labute approximate surface area is 164 Å². The van der Waals surface area contributed by atoms with Gasteiger partial charge in [-0.3, -0.25) is 0 Å². The Balaban J connectivity index is 1.49. The Morgan fingerprint density at radius 1 is 1.04 bits per heavy atom. The summed E-state index contributed by atoms with van der Waals surface area (Å²) in [6.45, 7) is 2.99. The maximum Gasteiger partial charge on any atom is 0.267 e. The summed E-state index contributed by atoms with van der Waals surface area (Å²) in [5, 5.41) is 3.99. The summed E-state index contributed by atoms with van der Waals surface area (Å²) in [5.74, 6) is 1.46. The van der Waals surface area contributed by atoms with E-state index in [2.05, 4.69) is 10.1 Å². The summed E-state index contributed by atoms with van der Waals surface area (Å²) in [6, 6.07) is 16.0. The first kappa shape index (κ1) is 18.6. The molecule has 2 aromatic carbocycles. The Morgan fingerprint density at radius 2 is 1.71 bits per heavy atom. The van der Waals surface area contributed by atoms with Crippen LogP contribution in [0.25, 0.3) is 11.4 Å². The summed E-state index contributed by atoms with van der Waals surface area (Å²) in [5.41, 5.74) is 0.683. The van der Waals surface area contributed by atoms with Gasteiger partial charge in [-0.15, -0.1) is 0 Å². The van der Waals surface area contributed by atoms with Crippen LogP contribution in [0, 0.1) is 0 Å². The molecular weight excluding hydrogens is 378 g/mol. The minimum absolute atomic E-state index is 0.280. The lowest BCUT2D eigenvalue weighted by Crippen LogP contribution is -2.27. The summed E-state index contributed by atoms with van der Waals surface area (Å²) < 4.78 is 37.9. The molecule has 0 N–H and O–H groups in total. The fraction of sp³-hybridized carbons (Fsp3) is 0.300. The summed E-state index contributed by atoms with van der Waals surface area (Å²) >= 11 is 0. The third kappa shape index (κ3) is 3.79. The van der Waals surface area contributed by atoms with Crippen molar-refractivity contribution in [2.24, 2.45) is 0 Å². The molecular formula is C20H21N3O4S. The molecule has 146 valence electrons. The second-order valence-corrected chi connectivity index (χ2v) is 8.60. The molecule has 0 radical (unpaired) electrons. The molecule has 8 heteroatoms. The number of benzene rings is 2. The van der Waals surface area contributed by atoms with Crippen molar-refractivity contribution in [3.8, 4) is 17.1 Å². The van der Waals surface area contributed by atoms with Crippen molar-refractivity contribution in [2.75, 3.05) is 13.1 Å². The Hall–Kier alpha value is -2.71. The smallest absolute Gasteiger partial charge is 0.267 e. The second-order valence-electron chi connectivity index (χ2n) is 6.66. The van der Waals surface area contributed by atoms with E-state index in [-0.39, 0.29) is 4.90 Å². The second kappa shape index (κ2) is 7.73. The number of nitrogens with zero attached hydrogens (tertiary/aromatic N) is 3. The third-order valence-corrected chi connectivity index (χ3v) is 6.57. The van der Waals surface area contributed by atoms with Gasteiger partial charge in [-0.1, -0.05) is 23.4 Å². The van der Waals surface area contributed by atoms with Gasteiger partial charge in [0.05, 0.1) is 4.90 Å². The maximum atomic E-state index is 12.6. The van der Waals surface area contributed by atoms with E-state index in [9.17, 15) is 8.42 Å². The summed E-state index contributed by atoms with van der Waals surface area (Å²) in [6.07, 6.45) is 1.41. The highest BCUT2D eigenvalue weighted by atomic mass is 32.2. The first-order chi connectivity index (χ1) is 13.5.